The second kappa shape index (κ2) is 6.07. The number of aromatic nitrogens is 1. The molecule has 0 aliphatic heterocycles. The van der Waals surface area contributed by atoms with Crippen LogP contribution in [-0.4, -0.2) is 18.1 Å². The number of hydrogen-bond acceptors (Lipinski definition) is 3. The Morgan fingerprint density at radius 2 is 1.74 bits per heavy atom. The van der Waals surface area contributed by atoms with Gasteiger partial charge in [0.1, 0.15) is 5.56 Å². The minimum absolute atomic E-state index is 0.0652. The second-order valence-corrected chi connectivity index (χ2v) is 5.69. The maximum absolute atomic E-state index is 12.4. The smallest absolute Gasteiger partial charge is 0.344 e. The van der Waals surface area contributed by atoms with Gasteiger partial charge in [-0.2, -0.15) is 0 Å². The third-order valence-corrected chi connectivity index (χ3v) is 4.23. The molecule has 0 saturated carbocycles. The molecule has 0 spiro atoms. The SMILES string of the molecule is COC(=O)c1c(-c2ccccc2)c2cc(Cl)c(Cl)cc2[nH]c1=O. The van der Waals surface area contributed by atoms with Crippen LogP contribution in [0.15, 0.2) is 47.3 Å². The molecule has 6 heteroatoms. The second-order valence-electron chi connectivity index (χ2n) is 4.87. The van der Waals surface area contributed by atoms with Crippen molar-refractivity contribution >= 4 is 40.1 Å². The summed E-state index contributed by atoms with van der Waals surface area (Å²) in [6.07, 6.45) is 0. The lowest BCUT2D eigenvalue weighted by atomic mass is 9.96. The van der Waals surface area contributed by atoms with Crippen LogP contribution in [0.1, 0.15) is 10.4 Å². The van der Waals surface area contributed by atoms with E-state index in [1.165, 1.54) is 7.11 Å². The van der Waals surface area contributed by atoms with Gasteiger partial charge in [-0.25, -0.2) is 4.79 Å². The molecule has 0 unspecified atom stereocenters. The Morgan fingerprint density at radius 3 is 2.39 bits per heavy atom. The Bertz CT molecular complexity index is 965. The lowest BCUT2D eigenvalue weighted by molar-refractivity contribution is 0.0600. The van der Waals surface area contributed by atoms with Crippen molar-refractivity contribution in [3.05, 3.63) is 68.4 Å². The third-order valence-electron chi connectivity index (χ3n) is 3.51. The van der Waals surface area contributed by atoms with Crippen molar-refractivity contribution in [1.29, 1.82) is 0 Å². The number of H-pyrrole nitrogens is 1. The molecule has 0 atom stereocenters. The number of fused-ring (bicyclic) bond motifs is 1. The Labute approximate surface area is 141 Å². The van der Waals surface area contributed by atoms with Crippen molar-refractivity contribution in [2.75, 3.05) is 7.11 Å². The van der Waals surface area contributed by atoms with Gasteiger partial charge in [0, 0.05) is 10.9 Å². The fraction of sp³-hybridized carbons (Fsp3) is 0.0588. The van der Waals surface area contributed by atoms with Crippen molar-refractivity contribution in [2.24, 2.45) is 0 Å². The van der Waals surface area contributed by atoms with Gasteiger partial charge in [-0.15, -0.1) is 0 Å². The molecule has 3 rings (SSSR count). The Hall–Kier alpha value is -2.30. The summed E-state index contributed by atoms with van der Waals surface area (Å²) < 4.78 is 4.76. The highest BCUT2D eigenvalue weighted by molar-refractivity contribution is 6.43. The van der Waals surface area contributed by atoms with Crippen LogP contribution in [-0.2, 0) is 4.74 Å². The maximum atomic E-state index is 12.4. The summed E-state index contributed by atoms with van der Waals surface area (Å²) in [5, 5.41) is 1.27. The highest BCUT2D eigenvalue weighted by Gasteiger charge is 2.21. The van der Waals surface area contributed by atoms with E-state index >= 15 is 0 Å². The number of hydrogen-bond donors (Lipinski definition) is 1. The topological polar surface area (TPSA) is 59.2 Å². The van der Waals surface area contributed by atoms with E-state index < -0.39 is 11.5 Å². The van der Waals surface area contributed by atoms with Gasteiger partial charge >= 0.3 is 5.97 Å². The zero-order chi connectivity index (χ0) is 16.6. The normalized spacial score (nSPS) is 10.7. The number of ether oxygens (including phenoxy) is 1. The van der Waals surface area contributed by atoms with Crippen LogP contribution in [0.3, 0.4) is 0 Å². The minimum atomic E-state index is -0.710. The molecule has 0 radical (unpaired) electrons. The molecular weight excluding hydrogens is 337 g/mol. The van der Waals surface area contributed by atoms with Gasteiger partial charge < -0.3 is 9.72 Å². The van der Waals surface area contributed by atoms with Crippen LogP contribution in [0.4, 0.5) is 0 Å². The number of aromatic amines is 1. The fourth-order valence-corrected chi connectivity index (χ4v) is 2.82. The predicted molar refractivity (Wildman–Crippen MR) is 91.4 cm³/mol. The van der Waals surface area contributed by atoms with Gasteiger partial charge in [0.15, 0.2) is 0 Å². The van der Waals surface area contributed by atoms with E-state index in [0.717, 1.165) is 0 Å². The number of benzene rings is 2. The summed E-state index contributed by atoms with van der Waals surface area (Å²) in [7, 11) is 1.23. The highest BCUT2D eigenvalue weighted by atomic mass is 35.5. The van der Waals surface area contributed by atoms with Crippen molar-refractivity contribution in [2.45, 2.75) is 0 Å². The molecular formula is C17H11Cl2NO3. The van der Waals surface area contributed by atoms with Crippen LogP contribution < -0.4 is 5.56 Å². The first-order chi connectivity index (χ1) is 11.0. The molecule has 1 aromatic heterocycles. The van der Waals surface area contributed by atoms with Crippen molar-refractivity contribution in [1.82, 2.24) is 4.98 Å². The van der Waals surface area contributed by atoms with E-state index in [-0.39, 0.29) is 5.56 Å². The van der Waals surface area contributed by atoms with Crippen LogP contribution in [0.5, 0.6) is 0 Å². The first-order valence-corrected chi connectivity index (χ1v) is 7.47. The van der Waals surface area contributed by atoms with Gasteiger partial charge in [0.2, 0.25) is 0 Å². The third kappa shape index (κ3) is 2.71. The van der Waals surface area contributed by atoms with Crippen LogP contribution in [0.2, 0.25) is 10.0 Å². The number of halogens is 2. The summed E-state index contributed by atoms with van der Waals surface area (Å²) >= 11 is 12.1. The average molecular weight is 348 g/mol. The monoisotopic (exact) mass is 347 g/mol. The molecule has 2 aromatic carbocycles. The lowest BCUT2D eigenvalue weighted by Crippen LogP contribution is -2.20. The minimum Gasteiger partial charge on any atom is -0.465 e. The van der Waals surface area contributed by atoms with Crippen LogP contribution >= 0.6 is 23.2 Å². The average Bonchev–Trinajstić information content (AvgIpc) is 2.55. The zero-order valence-corrected chi connectivity index (χ0v) is 13.5. The molecule has 0 aliphatic rings. The highest BCUT2D eigenvalue weighted by Crippen LogP contribution is 2.34. The molecule has 1 heterocycles. The number of rotatable bonds is 2. The molecule has 0 saturated heterocycles. The Balaban J connectivity index is 2.52. The van der Waals surface area contributed by atoms with E-state index in [2.05, 4.69) is 4.98 Å². The molecule has 0 fully saturated rings. The molecule has 0 amide bonds. The van der Waals surface area contributed by atoms with Gasteiger partial charge in [-0.3, -0.25) is 4.79 Å². The van der Waals surface area contributed by atoms with Gasteiger partial charge in [-0.05, 0) is 17.7 Å². The van der Waals surface area contributed by atoms with E-state index in [1.54, 1.807) is 12.1 Å². The number of methoxy groups -OCH3 is 1. The number of esters is 1. The van der Waals surface area contributed by atoms with E-state index in [0.29, 0.717) is 32.1 Å². The summed E-state index contributed by atoms with van der Waals surface area (Å²) in [6.45, 7) is 0. The number of nitrogens with one attached hydrogen (secondary N) is 1. The van der Waals surface area contributed by atoms with Crippen molar-refractivity contribution < 1.29 is 9.53 Å². The van der Waals surface area contributed by atoms with Gasteiger partial charge in [-0.1, -0.05) is 53.5 Å². The van der Waals surface area contributed by atoms with Crippen LogP contribution in [0.25, 0.3) is 22.0 Å². The number of carbonyl (C=O) groups is 1. The Kier molecular flexibility index (Phi) is 4.11. The van der Waals surface area contributed by atoms with Crippen LogP contribution in [0, 0.1) is 0 Å². The molecule has 0 aliphatic carbocycles. The fourth-order valence-electron chi connectivity index (χ4n) is 2.49. The van der Waals surface area contributed by atoms with Crippen molar-refractivity contribution in [3.8, 4) is 11.1 Å². The zero-order valence-electron chi connectivity index (χ0n) is 12.0. The summed E-state index contributed by atoms with van der Waals surface area (Å²) in [6, 6.07) is 12.3. The lowest BCUT2D eigenvalue weighted by Gasteiger charge is -2.12. The summed E-state index contributed by atoms with van der Waals surface area (Å²) in [5.74, 6) is -0.710. The Morgan fingerprint density at radius 1 is 1.09 bits per heavy atom. The molecule has 1 N–H and O–H groups in total. The quantitative estimate of drug-likeness (QED) is 0.703. The first-order valence-electron chi connectivity index (χ1n) is 6.71. The number of pyridine rings is 1. The van der Waals surface area contributed by atoms with E-state index in [1.807, 2.05) is 30.3 Å². The van der Waals surface area contributed by atoms with E-state index in [9.17, 15) is 9.59 Å². The largest absolute Gasteiger partial charge is 0.465 e. The standard InChI is InChI=1S/C17H11Cl2NO3/c1-23-17(22)15-14(9-5-3-2-4-6-9)10-7-11(18)12(19)8-13(10)20-16(15)21/h2-8H,1H3,(H,20,21). The van der Waals surface area contributed by atoms with Crippen molar-refractivity contribution in [3.63, 3.8) is 0 Å². The van der Waals surface area contributed by atoms with E-state index in [4.69, 9.17) is 27.9 Å². The summed E-state index contributed by atoms with van der Waals surface area (Å²) in [4.78, 5) is 27.2. The predicted octanol–water partition coefficient (Wildman–Crippen LogP) is 4.29. The maximum Gasteiger partial charge on any atom is 0.344 e. The molecule has 116 valence electrons. The van der Waals surface area contributed by atoms with Gasteiger partial charge in [0.25, 0.3) is 5.56 Å². The van der Waals surface area contributed by atoms with Gasteiger partial charge in [0.05, 0.1) is 22.7 Å². The first kappa shape index (κ1) is 15.6. The molecule has 0 bridgehead atoms. The molecule has 3 aromatic rings. The number of carbonyl (C=O) groups excluding carboxylic acids is 1. The molecule has 23 heavy (non-hydrogen) atoms. The molecule has 4 nitrogen and oxygen atoms in total. The summed E-state index contributed by atoms with van der Waals surface area (Å²) in [5.41, 5.74) is 1.07.